The molecule has 0 aliphatic carbocycles. The number of benzene rings is 1. The summed E-state index contributed by atoms with van der Waals surface area (Å²) in [5.41, 5.74) is 16.1. The number of ether oxygens (including phenoxy) is 1. The molecule has 0 heterocycles. The van der Waals surface area contributed by atoms with Crippen LogP contribution in [0.15, 0.2) is 28.2 Å². The van der Waals surface area contributed by atoms with Gasteiger partial charge in [0.25, 0.3) is 0 Å². The number of carbonyl (C=O) groups is 1. The molecule has 0 atom stereocenters. The molecule has 1 amide bonds. The van der Waals surface area contributed by atoms with Crippen molar-refractivity contribution in [2.45, 2.75) is 26.4 Å². The molecule has 0 unspecified atom stereocenters. The van der Waals surface area contributed by atoms with E-state index in [1.807, 2.05) is 0 Å². The van der Waals surface area contributed by atoms with Crippen LogP contribution in [0.4, 0.5) is 16.2 Å². The number of hydrogen-bond acceptors (Lipinski definition) is 3. The lowest BCUT2D eigenvalue weighted by Gasteiger charge is -2.19. The summed E-state index contributed by atoms with van der Waals surface area (Å²) in [7, 11) is 0. The first kappa shape index (κ1) is 17.6. The number of hydrogen-bond donors (Lipinski definition) is 4. The number of amides is 1. The molecule has 120 valence electrons. The van der Waals surface area contributed by atoms with E-state index in [-0.39, 0.29) is 11.9 Å². The van der Waals surface area contributed by atoms with Gasteiger partial charge < -0.3 is 21.9 Å². The molecule has 7 N–H and O–H groups in total. The first-order valence-electron chi connectivity index (χ1n) is 6.30. The summed E-state index contributed by atoms with van der Waals surface area (Å²) < 4.78 is 5.15. The highest BCUT2D eigenvalue weighted by Gasteiger charge is 2.16. The Bertz CT molecular complexity index is 617. The monoisotopic (exact) mass is 326 g/mol. The predicted octanol–water partition coefficient (Wildman–Crippen LogP) is 1.91. The minimum atomic E-state index is -0.602. The molecule has 0 aliphatic rings. The molecule has 0 spiro atoms. The molecule has 0 fully saturated rings. The van der Waals surface area contributed by atoms with Gasteiger partial charge in [0.15, 0.2) is 5.96 Å². The fourth-order valence-electron chi connectivity index (χ4n) is 1.38. The minimum Gasteiger partial charge on any atom is -0.444 e. The molecule has 22 heavy (non-hydrogen) atoms. The maximum atomic E-state index is 11.7. The lowest BCUT2D eigenvalue weighted by atomic mass is 10.2. The smallest absolute Gasteiger partial charge is 0.412 e. The second-order valence-corrected chi connectivity index (χ2v) is 5.71. The van der Waals surface area contributed by atoms with Crippen molar-refractivity contribution in [2.75, 3.05) is 5.32 Å². The van der Waals surface area contributed by atoms with Crippen molar-refractivity contribution in [1.82, 2.24) is 0 Å². The van der Waals surface area contributed by atoms with Crippen LogP contribution in [-0.4, -0.2) is 23.6 Å². The standard InChI is InChI=1S/C13H19ClN6O2/c1-13(2,3)22-12(21)18-7-4-5-8(14)9(6-7)19-11(17)20-10(15)16/h4-6H,1-3H3,(H,18,21)(H6,15,16,17,19,20). The second kappa shape index (κ2) is 6.99. The molecule has 8 nitrogen and oxygen atoms in total. The van der Waals surface area contributed by atoms with Gasteiger partial charge in [0.2, 0.25) is 5.96 Å². The Kier molecular flexibility index (Phi) is 5.58. The van der Waals surface area contributed by atoms with Crippen LogP contribution >= 0.6 is 11.6 Å². The van der Waals surface area contributed by atoms with E-state index in [4.69, 9.17) is 33.5 Å². The summed E-state index contributed by atoms with van der Waals surface area (Å²) in [6.07, 6.45) is -0.595. The maximum absolute atomic E-state index is 11.7. The number of rotatable bonds is 2. The van der Waals surface area contributed by atoms with Crippen molar-refractivity contribution in [3.63, 3.8) is 0 Å². The second-order valence-electron chi connectivity index (χ2n) is 5.30. The molecule has 1 rings (SSSR count). The Hall–Kier alpha value is -2.48. The van der Waals surface area contributed by atoms with Crippen LogP contribution in [-0.2, 0) is 4.74 Å². The van der Waals surface area contributed by atoms with Crippen molar-refractivity contribution in [3.05, 3.63) is 23.2 Å². The fourth-order valence-corrected chi connectivity index (χ4v) is 1.54. The SMILES string of the molecule is CC(C)(C)OC(=O)Nc1ccc(Cl)c(N=C(N)N=C(N)N)c1. The number of halogens is 1. The van der Waals surface area contributed by atoms with Crippen molar-refractivity contribution in [1.29, 1.82) is 0 Å². The number of anilines is 1. The van der Waals surface area contributed by atoms with Crippen LogP contribution in [0.5, 0.6) is 0 Å². The summed E-state index contributed by atoms with van der Waals surface area (Å²) >= 11 is 6.00. The van der Waals surface area contributed by atoms with Gasteiger partial charge in [-0.1, -0.05) is 11.6 Å². The van der Waals surface area contributed by atoms with Crippen LogP contribution < -0.4 is 22.5 Å². The highest BCUT2D eigenvalue weighted by molar-refractivity contribution is 6.33. The van der Waals surface area contributed by atoms with Gasteiger partial charge in [-0.3, -0.25) is 5.32 Å². The maximum Gasteiger partial charge on any atom is 0.412 e. The Morgan fingerprint density at radius 2 is 1.91 bits per heavy atom. The molecule has 0 bridgehead atoms. The van der Waals surface area contributed by atoms with Gasteiger partial charge in [-0.15, -0.1) is 0 Å². The minimum absolute atomic E-state index is 0.156. The van der Waals surface area contributed by atoms with Crippen LogP contribution in [0.3, 0.4) is 0 Å². The van der Waals surface area contributed by atoms with Crippen molar-refractivity contribution >= 4 is 41.0 Å². The summed E-state index contributed by atoms with van der Waals surface area (Å²) in [6.45, 7) is 5.29. The third kappa shape index (κ3) is 6.31. The van der Waals surface area contributed by atoms with Gasteiger partial charge in [-0.25, -0.2) is 9.79 Å². The van der Waals surface area contributed by atoms with Crippen molar-refractivity contribution in [2.24, 2.45) is 27.2 Å². The van der Waals surface area contributed by atoms with E-state index in [9.17, 15) is 4.79 Å². The zero-order valence-electron chi connectivity index (χ0n) is 12.6. The Balaban J connectivity index is 2.95. The molecule has 0 saturated carbocycles. The number of nitrogens with zero attached hydrogens (tertiary/aromatic N) is 2. The third-order valence-electron chi connectivity index (χ3n) is 2.07. The van der Waals surface area contributed by atoms with Gasteiger partial charge in [0.05, 0.1) is 10.7 Å². The molecule has 0 radical (unpaired) electrons. The number of nitrogens with one attached hydrogen (secondary N) is 1. The molecule has 0 aliphatic heterocycles. The lowest BCUT2D eigenvalue weighted by Crippen LogP contribution is -2.27. The highest BCUT2D eigenvalue weighted by atomic mass is 35.5. The first-order valence-corrected chi connectivity index (χ1v) is 6.68. The molecular formula is C13H19ClN6O2. The van der Waals surface area contributed by atoms with E-state index >= 15 is 0 Å². The number of nitrogens with two attached hydrogens (primary N) is 3. The van der Waals surface area contributed by atoms with Crippen LogP contribution in [0.1, 0.15) is 20.8 Å². The molecule has 0 aromatic heterocycles. The van der Waals surface area contributed by atoms with E-state index in [1.165, 1.54) is 6.07 Å². The van der Waals surface area contributed by atoms with E-state index in [2.05, 4.69) is 15.3 Å². The van der Waals surface area contributed by atoms with Crippen LogP contribution in [0.25, 0.3) is 0 Å². The van der Waals surface area contributed by atoms with Gasteiger partial charge in [0.1, 0.15) is 5.60 Å². The van der Waals surface area contributed by atoms with Gasteiger partial charge in [-0.2, -0.15) is 4.99 Å². The number of aliphatic imine (C=N–C) groups is 2. The molecular weight excluding hydrogens is 308 g/mol. The fraction of sp³-hybridized carbons (Fsp3) is 0.308. The number of guanidine groups is 2. The summed E-state index contributed by atoms with van der Waals surface area (Å²) in [4.78, 5) is 19.3. The average Bonchev–Trinajstić information content (AvgIpc) is 2.29. The van der Waals surface area contributed by atoms with Gasteiger partial charge >= 0.3 is 6.09 Å². The van der Waals surface area contributed by atoms with E-state index in [1.54, 1.807) is 32.9 Å². The van der Waals surface area contributed by atoms with E-state index in [0.717, 1.165) is 0 Å². The normalized spacial score (nSPS) is 11.7. The zero-order valence-corrected chi connectivity index (χ0v) is 13.3. The van der Waals surface area contributed by atoms with Gasteiger partial charge in [0, 0.05) is 5.69 Å². The Morgan fingerprint density at radius 1 is 1.27 bits per heavy atom. The van der Waals surface area contributed by atoms with Crippen LogP contribution in [0, 0.1) is 0 Å². The van der Waals surface area contributed by atoms with Crippen molar-refractivity contribution < 1.29 is 9.53 Å². The van der Waals surface area contributed by atoms with E-state index < -0.39 is 11.7 Å². The predicted molar refractivity (Wildman–Crippen MR) is 88.4 cm³/mol. The first-order chi connectivity index (χ1) is 10.1. The summed E-state index contributed by atoms with van der Waals surface area (Å²) in [6, 6.07) is 4.67. The van der Waals surface area contributed by atoms with Gasteiger partial charge in [-0.05, 0) is 39.0 Å². The van der Waals surface area contributed by atoms with Crippen LogP contribution in [0.2, 0.25) is 5.02 Å². The van der Waals surface area contributed by atoms with Crippen molar-refractivity contribution in [3.8, 4) is 0 Å². The summed E-state index contributed by atoms with van der Waals surface area (Å²) in [5.74, 6) is -0.378. The number of carbonyl (C=O) groups excluding carboxylic acids is 1. The zero-order chi connectivity index (χ0) is 16.9. The molecule has 1 aromatic rings. The largest absolute Gasteiger partial charge is 0.444 e. The Morgan fingerprint density at radius 3 is 2.45 bits per heavy atom. The highest BCUT2D eigenvalue weighted by Crippen LogP contribution is 2.28. The molecule has 0 saturated heterocycles. The lowest BCUT2D eigenvalue weighted by molar-refractivity contribution is 0.0636. The molecule has 1 aromatic carbocycles. The molecule has 9 heteroatoms. The quantitative estimate of drug-likeness (QED) is 0.485. The third-order valence-corrected chi connectivity index (χ3v) is 2.39. The summed E-state index contributed by atoms with van der Waals surface area (Å²) in [5, 5.41) is 2.89. The Labute approximate surface area is 133 Å². The van der Waals surface area contributed by atoms with E-state index in [0.29, 0.717) is 16.4 Å². The average molecular weight is 327 g/mol. The topological polar surface area (TPSA) is 141 Å².